The van der Waals surface area contributed by atoms with Crippen molar-refractivity contribution in [2.75, 3.05) is 0 Å². The molecule has 0 aliphatic heterocycles. The van der Waals surface area contributed by atoms with Crippen LogP contribution in [-0.2, 0) is 0 Å². The fourth-order valence-electron chi connectivity index (χ4n) is 2.44. The summed E-state index contributed by atoms with van der Waals surface area (Å²) in [4.78, 5) is 11.6. The highest BCUT2D eigenvalue weighted by Gasteiger charge is 2.24. The molecule has 2 aromatic carbocycles. The third-order valence-corrected chi connectivity index (χ3v) is 3.40. The number of rotatable bonds is 3. The van der Waals surface area contributed by atoms with Crippen LogP contribution in [0.4, 0.5) is 4.39 Å². The van der Waals surface area contributed by atoms with Crippen molar-refractivity contribution in [2.24, 2.45) is 0 Å². The second-order valence-corrected chi connectivity index (χ2v) is 4.84. The lowest BCUT2D eigenvalue weighted by molar-refractivity contribution is 0.0697. The van der Waals surface area contributed by atoms with Gasteiger partial charge in [-0.15, -0.1) is 0 Å². The monoisotopic (exact) mass is 296 g/mol. The zero-order chi connectivity index (χ0) is 15.7. The molecule has 3 aromatic rings. The molecule has 3 rings (SSSR count). The van der Waals surface area contributed by atoms with E-state index in [1.807, 2.05) is 18.2 Å². The molecule has 0 aliphatic carbocycles. The summed E-state index contributed by atoms with van der Waals surface area (Å²) in [6.45, 7) is 1.60. The first-order valence-corrected chi connectivity index (χ1v) is 6.73. The number of carboxylic acid groups (broad SMARTS) is 1. The predicted molar refractivity (Wildman–Crippen MR) is 80.7 cm³/mol. The molecule has 0 unspecified atom stereocenters. The van der Waals surface area contributed by atoms with Gasteiger partial charge in [-0.1, -0.05) is 30.3 Å². The molecular formula is C17H13FN2O2. The molecule has 5 heteroatoms. The van der Waals surface area contributed by atoms with Crippen LogP contribution in [0.3, 0.4) is 0 Å². The number of hydrogen-bond donors (Lipinski definition) is 1. The molecular weight excluding hydrogens is 283 g/mol. The van der Waals surface area contributed by atoms with Crippen LogP contribution in [0.5, 0.6) is 0 Å². The van der Waals surface area contributed by atoms with Gasteiger partial charge in [0.15, 0.2) is 0 Å². The van der Waals surface area contributed by atoms with Gasteiger partial charge in [0, 0.05) is 5.56 Å². The highest BCUT2D eigenvalue weighted by Crippen LogP contribution is 2.30. The average Bonchev–Trinajstić information content (AvgIpc) is 2.86. The number of hydrogen-bond acceptors (Lipinski definition) is 2. The Bertz CT molecular complexity index is 841. The van der Waals surface area contributed by atoms with Crippen LogP contribution in [-0.4, -0.2) is 20.9 Å². The zero-order valence-corrected chi connectivity index (χ0v) is 11.8. The predicted octanol–water partition coefficient (Wildman–Crippen LogP) is 3.69. The van der Waals surface area contributed by atoms with E-state index < -0.39 is 11.8 Å². The minimum absolute atomic E-state index is 0.00829. The number of benzene rings is 2. The highest BCUT2D eigenvalue weighted by atomic mass is 19.1. The second kappa shape index (κ2) is 5.44. The first kappa shape index (κ1) is 14.0. The van der Waals surface area contributed by atoms with E-state index in [4.69, 9.17) is 0 Å². The van der Waals surface area contributed by atoms with E-state index in [2.05, 4.69) is 5.10 Å². The van der Waals surface area contributed by atoms with E-state index in [9.17, 15) is 14.3 Å². The number of aromatic carboxylic acids is 1. The number of aromatic nitrogens is 2. The van der Waals surface area contributed by atoms with Crippen molar-refractivity contribution in [1.29, 1.82) is 0 Å². The van der Waals surface area contributed by atoms with E-state index >= 15 is 0 Å². The molecule has 1 N–H and O–H groups in total. The molecule has 0 saturated heterocycles. The van der Waals surface area contributed by atoms with Gasteiger partial charge in [-0.3, -0.25) is 0 Å². The molecule has 0 fully saturated rings. The van der Waals surface area contributed by atoms with Crippen molar-refractivity contribution in [3.05, 3.63) is 71.7 Å². The summed E-state index contributed by atoms with van der Waals surface area (Å²) in [6, 6.07) is 15.2. The first-order chi connectivity index (χ1) is 10.6. The number of para-hydroxylation sites is 1. The normalized spacial score (nSPS) is 10.6. The standard InChI is InChI=1S/C17H13FN2O2/c1-11-15(17(21)22)16(13-9-5-6-10-14(13)18)20(19-11)12-7-3-2-4-8-12/h2-10H,1H3,(H,21,22). The van der Waals surface area contributed by atoms with Gasteiger partial charge in [0.2, 0.25) is 0 Å². The van der Waals surface area contributed by atoms with E-state index in [-0.39, 0.29) is 16.8 Å². The van der Waals surface area contributed by atoms with Crippen molar-refractivity contribution in [2.45, 2.75) is 6.92 Å². The summed E-state index contributed by atoms with van der Waals surface area (Å²) >= 11 is 0. The van der Waals surface area contributed by atoms with Gasteiger partial charge in [0.05, 0.1) is 17.1 Å². The largest absolute Gasteiger partial charge is 0.478 e. The van der Waals surface area contributed by atoms with Crippen molar-refractivity contribution in [3.63, 3.8) is 0 Å². The quantitative estimate of drug-likeness (QED) is 0.802. The summed E-state index contributed by atoms with van der Waals surface area (Å²) < 4.78 is 15.7. The highest BCUT2D eigenvalue weighted by molar-refractivity contribution is 5.96. The first-order valence-electron chi connectivity index (χ1n) is 6.73. The molecule has 22 heavy (non-hydrogen) atoms. The van der Waals surface area contributed by atoms with Gasteiger partial charge in [0.1, 0.15) is 11.4 Å². The van der Waals surface area contributed by atoms with Crippen molar-refractivity contribution in [3.8, 4) is 16.9 Å². The summed E-state index contributed by atoms with van der Waals surface area (Å²) in [5.74, 6) is -1.61. The van der Waals surface area contributed by atoms with Gasteiger partial charge in [-0.05, 0) is 31.2 Å². The number of nitrogens with zero attached hydrogens (tertiary/aromatic N) is 2. The lowest BCUT2D eigenvalue weighted by Gasteiger charge is -2.09. The molecule has 0 atom stereocenters. The van der Waals surface area contributed by atoms with E-state index in [0.717, 1.165) is 0 Å². The topological polar surface area (TPSA) is 55.1 Å². The average molecular weight is 296 g/mol. The zero-order valence-electron chi connectivity index (χ0n) is 11.8. The Morgan fingerprint density at radius 3 is 2.36 bits per heavy atom. The molecule has 0 bridgehead atoms. The van der Waals surface area contributed by atoms with Crippen LogP contribution in [0.2, 0.25) is 0 Å². The van der Waals surface area contributed by atoms with Crippen molar-refractivity contribution >= 4 is 5.97 Å². The summed E-state index contributed by atoms with van der Waals surface area (Å²) in [6.07, 6.45) is 0. The Kier molecular flexibility index (Phi) is 3.47. The second-order valence-electron chi connectivity index (χ2n) is 4.84. The summed E-state index contributed by atoms with van der Waals surface area (Å²) in [5.41, 5.74) is 1.48. The maximum atomic E-state index is 14.2. The van der Waals surface area contributed by atoms with Gasteiger partial charge < -0.3 is 5.11 Å². The number of carbonyl (C=O) groups is 1. The van der Waals surface area contributed by atoms with Gasteiger partial charge in [-0.2, -0.15) is 5.10 Å². The van der Waals surface area contributed by atoms with Gasteiger partial charge in [0.25, 0.3) is 0 Å². The smallest absolute Gasteiger partial charge is 0.339 e. The Labute approximate surface area is 126 Å². The van der Waals surface area contributed by atoms with Crippen molar-refractivity contribution < 1.29 is 14.3 Å². The molecule has 1 aromatic heterocycles. The van der Waals surface area contributed by atoms with Gasteiger partial charge >= 0.3 is 5.97 Å². The molecule has 110 valence electrons. The number of aryl methyl sites for hydroxylation is 1. The number of carboxylic acids is 1. The Balaban J connectivity index is 2.36. The van der Waals surface area contributed by atoms with Crippen LogP contribution >= 0.6 is 0 Å². The van der Waals surface area contributed by atoms with E-state index in [0.29, 0.717) is 11.4 Å². The fourth-order valence-corrected chi connectivity index (χ4v) is 2.44. The number of halogens is 1. The Morgan fingerprint density at radius 2 is 1.73 bits per heavy atom. The Hall–Kier alpha value is -2.95. The Morgan fingerprint density at radius 1 is 1.09 bits per heavy atom. The molecule has 1 heterocycles. The molecule has 0 amide bonds. The minimum Gasteiger partial charge on any atom is -0.478 e. The molecule has 0 aliphatic rings. The molecule has 0 saturated carbocycles. The van der Waals surface area contributed by atoms with Crippen molar-refractivity contribution in [1.82, 2.24) is 9.78 Å². The van der Waals surface area contributed by atoms with Crippen LogP contribution in [0.1, 0.15) is 16.1 Å². The van der Waals surface area contributed by atoms with Gasteiger partial charge in [-0.25, -0.2) is 13.9 Å². The minimum atomic E-state index is -1.13. The lowest BCUT2D eigenvalue weighted by Crippen LogP contribution is -2.04. The van der Waals surface area contributed by atoms with Crippen LogP contribution in [0, 0.1) is 12.7 Å². The third kappa shape index (κ3) is 2.26. The van der Waals surface area contributed by atoms with Crippen LogP contribution in [0.15, 0.2) is 54.6 Å². The molecule has 4 nitrogen and oxygen atoms in total. The summed E-state index contributed by atoms with van der Waals surface area (Å²) in [7, 11) is 0. The van der Waals surface area contributed by atoms with E-state index in [1.54, 1.807) is 37.3 Å². The fraction of sp³-hybridized carbons (Fsp3) is 0.0588. The lowest BCUT2D eigenvalue weighted by atomic mass is 10.1. The van der Waals surface area contributed by atoms with Crippen LogP contribution < -0.4 is 0 Å². The molecule has 0 radical (unpaired) electrons. The molecule has 0 spiro atoms. The summed E-state index contributed by atoms with van der Waals surface area (Å²) in [5, 5.41) is 13.8. The maximum Gasteiger partial charge on any atom is 0.339 e. The third-order valence-electron chi connectivity index (χ3n) is 3.40. The maximum absolute atomic E-state index is 14.2. The van der Waals surface area contributed by atoms with E-state index in [1.165, 1.54) is 10.7 Å². The SMILES string of the molecule is Cc1nn(-c2ccccc2)c(-c2ccccc2F)c1C(=O)O. The van der Waals surface area contributed by atoms with Crippen LogP contribution in [0.25, 0.3) is 16.9 Å².